The number of benzene rings is 2. The van der Waals surface area contributed by atoms with Gasteiger partial charge in [-0.1, -0.05) is 24.3 Å². The first-order valence-electron chi connectivity index (χ1n) is 12.3. The number of rotatable bonds is 8. The summed E-state index contributed by atoms with van der Waals surface area (Å²) >= 11 is 0. The fourth-order valence-corrected chi connectivity index (χ4v) is 3.77. The van der Waals surface area contributed by atoms with Gasteiger partial charge in [-0.3, -0.25) is 9.59 Å². The monoisotopic (exact) mass is 541 g/mol. The number of hydrogen-bond donors (Lipinski definition) is 2. The molecule has 0 aliphatic heterocycles. The maximum absolute atomic E-state index is 13.7. The highest BCUT2D eigenvalue weighted by molar-refractivity contribution is 6.08. The molecule has 7 nitrogen and oxygen atoms in total. The molecular formula is C28H27F4N5O2. The molecule has 0 radical (unpaired) electrons. The zero-order valence-corrected chi connectivity index (χ0v) is 21.3. The van der Waals surface area contributed by atoms with E-state index in [1.807, 2.05) is 32.0 Å². The molecule has 0 atom stereocenters. The normalized spacial score (nSPS) is 13.0. The Balaban J connectivity index is 0.000000519. The van der Waals surface area contributed by atoms with Crippen molar-refractivity contribution >= 4 is 23.5 Å². The molecule has 0 bridgehead atoms. The number of hydrogen-bond acceptors (Lipinski definition) is 5. The van der Waals surface area contributed by atoms with Crippen LogP contribution in [-0.2, 0) is 4.79 Å². The lowest BCUT2D eigenvalue weighted by Gasteiger charge is -2.12. The van der Waals surface area contributed by atoms with Crippen molar-refractivity contribution in [2.75, 3.05) is 11.9 Å². The average Bonchev–Trinajstić information content (AvgIpc) is 3.60. The van der Waals surface area contributed by atoms with Crippen LogP contribution in [0, 0.1) is 19.7 Å². The maximum atomic E-state index is 13.7. The summed E-state index contributed by atoms with van der Waals surface area (Å²) in [4.78, 5) is 26.9. The van der Waals surface area contributed by atoms with Crippen molar-refractivity contribution in [2.24, 2.45) is 0 Å². The zero-order chi connectivity index (χ0) is 28.2. The Bertz CT molecular complexity index is 1500. The van der Waals surface area contributed by atoms with Crippen molar-refractivity contribution in [3.05, 3.63) is 82.9 Å². The molecule has 1 saturated carbocycles. The molecule has 1 aliphatic rings. The molecule has 0 spiro atoms. The van der Waals surface area contributed by atoms with Gasteiger partial charge in [-0.05, 0) is 62.1 Å². The van der Waals surface area contributed by atoms with E-state index >= 15 is 0 Å². The van der Waals surface area contributed by atoms with Gasteiger partial charge >= 0.3 is 6.18 Å². The Morgan fingerprint density at radius 3 is 2.49 bits per heavy atom. The molecule has 39 heavy (non-hydrogen) atoms. The lowest BCUT2D eigenvalue weighted by Crippen LogP contribution is -2.16. The van der Waals surface area contributed by atoms with Crippen molar-refractivity contribution in [3.8, 4) is 11.3 Å². The predicted octanol–water partition coefficient (Wildman–Crippen LogP) is 5.64. The van der Waals surface area contributed by atoms with Gasteiger partial charge in [0.2, 0.25) is 12.2 Å². The highest BCUT2D eigenvalue weighted by Crippen LogP contribution is 2.28. The van der Waals surface area contributed by atoms with Crippen molar-refractivity contribution in [3.63, 3.8) is 0 Å². The third-order valence-electron chi connectivity index (χ3n) is 6.19. The molecule has 0 saturated heterocycles. The van der Waals surface area contributed by atoms with Crippen LogP contribution in [0.2, 0.25) is 0 Å². The van der Waals surface area contributed by atoms with Gasteiger partial charge in [0.05, 0.1) is 24.0 Å². The Morgan fingerprint density at radius 1 is 1.10 bits per heavy atom. The largest absolute Gasteiger partial charge is 0.390 e. The zero-order valence-electron chi connectivity index (χ0n) is 21.3. The van der Waals surface area contributed by atoms with E-state index in [0.29, 0.717) is 11.7 Å². The maximum Gasteiger partial charge on any atom is 0.390 e. The van der Waals surface area contributed by atoms with Gasteiger partial charge in [0.25, 0.3) is 0 Å². The van der Waals surface area contributed by atoms with E-state index in [4.69, 9.17) is 0 Å². The minimum absolute atomic E-state index is 0.0503. The number of aromatic nitrogens is 3. The number of alkyl halides is 3. The van der Waals surface area contributed by atoms with E-state index in [9.17, 15) is 27.2 Å². The molecule has 11 heteroatoms. The Hall–Kier alpha value is -4.28. The van der Waals surface area contributed by atoms with Crippen LogP contribution in [0.25, 0.3) is 16.9 Å². The minimum Gasteiger partial charge on any atom is -0.382 e. The van der Waals surface area contributed by atoms with E-state index in [-0.39, 0.29) is 22.6 Å². The molecule has 0 unspecified atom stereocenters. The summed E-state index contributed by atoms with van der Waals surface area (Å²) < 4.78 is 53.1. The number of fused-ring (bicyclic) bond motifs is 1. The van der Waals surface area contributed by atoms with E-state index < -0.39 is 30.7 Å². The van der Waals surface area contributed by atoms with Crippen molar-refractivity contribution in [1.29, 1.82) is 0 Å². The summed E-state index contributed by atoms with van der Waals surface area (Å²) in [6.45, 7) is 3.53. The van der Waals surface area contributed by atoms with Crippen molar-refractivity contribution in [2.45, 2.75) is 45.3 Å². The Morgan fingerprint density at radius 2 is 1.87 bits per heavy atom. The Kier molecular flexibility index (Phi) is 8.27. The fraction of sp³-hybridized carbons (Fsp3) is 0.286. The molecule has 1 aliphatic carbocycles. The standard InChI is InChI=1S/C24H20F4N4O.C4H7NO/c1-14-6-7-16(10-15(14)2)21-13-30-23-20(29-9-8-24(26,27)28)12-19(31-32(21)23)22(33)17-4-3-5-18(25)11-17;6-3-5-4-1-2-4/h3-7,10-13,29H,8-9H2,1-2H3;3-4H,1-2H2,(H,5,6). The lowest BCUT2D eigenvalue weighted by molar-refractivity contribution is -0.131. The molecule has 204 valence electrons. The van der Waals surface area contributed by atoms with Crippen LogP contribution in [0.15, 0.2) is 54.7 Å². The summed E-state index contributed by atoms with van der Waals surface area (Å²) in [5.74, 6) is -1.14. The topological polar surface area (TPSA) is 88.4 Å². The lowest BCUT2D eigenvalue weighted by atomic mass is 10.0. The van der Waals surface area contributed by atoms with E-state index in [2.05, 4.69) is 20.7 Å². The number of amides is 1. The first-order chi connectivity index (χ1) is 18.6. The first kappa shape index (κ1) is 27.7. The van der Waals surface area contributed by atoms with Gasteiger partial charge < -0.3 is 10.6 Å². The van der Waals surface area contributed by atoms with Crippen LogP contribution in [0.1, 0.15) is 46.4 Å². The van der Waals surface area contributed by atoms with Gasteiger partial charge in [-0.15, -0.1) is 0 Å². The van der Waals surface area contributed by atoms with Crippen LogP contribution in [-0.4, -0.2) is 45.6 Å². The smallest absolute Gasteiger partial charge is 0.382 e. The molecule has 2 heterocycles. The highest BCUT2D eigenvalue weighted by Gasteiger charge is 2.27. The number of ketones is 1. The number of aryl methyl sites for hydroxylation is 2. The van der Waals surface area contributed by atoms with Gasteiger partial charge in [0.15, 0.2) is 5.65 Å². The molecule has 4 aromatic rings. The summed E-state index contributed by atoms with van der Waals surface area (Å²) in [5.41, 5.74) is 4.03. The number of anilines is 1. The summed E-state index contributed by atoms with van der Waals surface area (Å²) in [7, 11) is 0. The van der Waals surface area contributed by atoms with Gasteiger partial charge in [0.1, 0.15) is 11.5 Å². The minimum atomic E-state index is -4.34. The van der Waals surface area contributed by atoms with Crippen LogP contribution >= 0.6 is 0 Å². The molecule has 2 aromatic carbocycles. The quantitative estimate of drug-likeness (QED) is 0.171. The third-order valence-corrected chi connectivity index (χ3v) is 6.19. The van der Waals surface area contributed by atoms with Gasteiger partial charge in [-0.2, -0.15) is 18.3 Å². The van der Waals surface area contributed by atoms with Crippen molar-refractivity contribution in [1.82, 2.24) is 19.9 Å². The third kappa shape index (κ3) is 7.18. The average molecular weight is 542 g/mol. The number of carbonyl (C=O) groups is 2. The van der Waals surface area contributed by atoms with E-state index in [0.717, 1.165) is 29.2 Å². The summed E-state index contributed by atoms with van der Waals surface area (Å²) in [6.07, 6.45) is -0.719. The first-order valence-corrected chi connectivity index (χ1v) is 12.3. The second kappa shape index (κ2) is 11.6. The predicted molar refractivity (Wildman–Crippen MR) is 139 cm³/mol. The summed E-state index contributed by atoms with van der Waals surface area (Å²) in [6, 6.07) is 12.8. The van der Waals surface area contributed by atoms with Gasteiger partial charge in [0, 0.05) is 23.7 Å². The van der Waals surface area contributed by atoms with Crippen LogP contribution in [0.4, 0.5) is 23.2 Å². The molecule has 1 fully saturated rings. The van der Waals surface area contributed by atoms with Crippen molar-refractivity contribution < 1.29 is 27.2 Å². The van der Waals surface area contributed by atoms with Crippen LogP contribution < -0.4 is 10.6 Å². The number of nitrogens with one attached hydrogen (secondary N) is 2. The van der Waals surface area contributed by atoms with Gasteiger partial charge in [-0.25, -0.2) is 13.9 Å². The summed E-state index contributed by atoms with van der Waals surface area (Å²) in [5, 5.41) is 9.76. The molecule has 2 aromatic heterocycles. The molecule has 1 amide bonds. The number of nitrogens with zero attached hydrogens (tertiary/aromatic N) is 3. The van der Waals surface area contributed by atoms with E-state index in [1.54, 1.807) is 6.20 Å². The second-order valence-corrected chi connectivity index (χ2v) is 9.31. The fourth-order valence-electron chi connectivity index (χ4n) is 3.77. The molecule has 2 N–H and O–H groups in total. The highest BCUT2D eigenvalue weighted by atomic mass is 19.4. The molecule has 5 rings (SSSR count). The SMILES string of the molecule is Cc1ccc(-c2cnc3c(NCCC(F)(F)F)cc(C(=O)c4cccc(F)c4)nn23)cc1C.O=CNC1CC1. The number of carbonyl (C=O) groups excluding carboxylic acids is 2. The van der Waals surface area contributed by atoms with Crippen LogP contribution in [0.3, 0.4) is 0 Å². The second-order valence-electron chi connectivity index (χ2n) is 9.31. The number of imidazole rings is 1. The van der Waals surface area contributed by atoms with E-state index in [1.165, 1.54) is 41.6 Å². The Labute approximate surface area is 222 Å². The molecular weight excluding hydrogens is 514 g/mol. The van der Waals surface area contributed by atoms with Crippen LogP contribution in [0.5, 0.6) is 0 Å². The number of halogens is 4.